The first-order valence-electron chi connectivity index (χ1n) is 6.07. The fourth-order valence-corrected chi connectivity index (χ4v) is 2.32. The molecule has 1 unspecified atom stereocenters. The molecule has 2 heterocycles. The number of methoxy groups -OCH3 is 2. The molecule has 0 amide bonds. The van der Waals surface area contributed by atoms with Crippen LogP contribution in [0.4, 0.5) is 0 Å². The van der Waals surface area contributed by atoms with E-state index in [0.29, 0.717) is 23.9 Å². The minimum Gasteiger partial charge on any atom is -0.479 e. The molecule has 7 heteroatoms. The van der Waals surface area contributed by atoms with E-state index in [2.05, 4.69) is 21.9 Å². The van der Waals surface area contributed by atoms with E-state index >= 15 is 0 Å². The maximum Gasteiger partial charge on any atom is 0.245 e. The fourth-order valence-electron chi connectivity index (χ4n) is 2.13. The van der Waals surface area contributed by atoms with Crippen LogP contribution in [0.15, 0.2) is 6.33 Å². The zero-order valence-electron chi connectivity index (χ0n) is 11.3. The summed E-state index contributed by atoms with van der Waals surface area (Å²) in [5, 5.41) is 0. The summed E-state index contributed by atoms with van der Waals surface area (Å²) in [6.07, 6.45) is 2.37. The van der Waals surface area contributed by atoms with Crippen molar-refractivity contribution >= 4 is 22.8 Å². The Morgan fingerprint density at radius 1 is 1.37 bits per heavy atom. The van der Waals surface area contributed by atoms with Gasteiger partial charge in [-0.2, -0.15) is 4.98 Å². The van der Waals surface area contributed by atoms with E-state index in [0.717, 1.165) is 17.9 Å². The van der Waals surface area contributed by atoms with Gasteiger partial charge < -0.3 is 14.0 Å². The number of aromatic nitrogens is 4. The van der Waals surface area contributed by atoms with Gasteiger partial charge in [0.15, 0.2) is 11.2 Å². The van der Waals surface area contributed by atoms with Gasteiger partial charge in [-0.1, -0.05) is 6.92 Å². The molecule has 0 aliphatic rings. The SMILES string of the molecule is CCC(COC)n1c(CCl)nc2c(OC)ncnc21. The third-order valence-electron chi connectivity index (χ3n) is 3.02. The van der Waals surface area contributed by atoms with Gasteiger partial charge in [-0.3, -0.25) is 0 Å². The van der Waals surface area contributed by atoms with Crippen LogP contribution >= 0.6 is 11.6 Å². The summed E-state index contributed by atoms with van der Waals surface area (Å²) in [5.74, 6) is 1.52. The number of nitrogens with zero attached hydrogens (tertiary/aromatic N) is 4. The minimum atomic E-state index is 0.142. The molecule has 0 aliphatic heterocycles. The molecule has 0 bridgehead atoms. The van der Waals surface area contributed by atoms with E-state index < -0.39 is 0 Å². The van der Waals surface area contributed by atoms with Crippen LogP contribution in [0.3, 0.4) is 0 Å². The van der Waals surface area contributed by atoms with Crippen LogP contribution in [0.5, 0.6) is 5.88 Å². The van der Waals surface area contributed by atoms with Crippen LogP contribution in [0.1, 0.15) is 25.2 Å². The number of rotatable bonds is 6. The van der Waals surface area contributed by atoms with Gasteiger partial charge in [-0.25, -0.2) is 9.97 Å². The molecule has 1 atom stereocenters. The molecule has 104 valence electrons. The Morgan fingerprint density at radius 2 is 2.16 bits per heavy atom. The van der Waals surface area contributed by atoms with E-state index in [9.17, 15) is 0 Å². The summed E-state index contributed by atoms with van der Waals surface area (Å²) >= 11 is 5.99. The minimum absolute atomic E-state index is 0.142. The Labute approximate surface area is 116 Å². The molecule has 6 nitrogen and oxygen atoms in total. The van der Waals surface area contributed by atoms with Gasteiger partial charge in [0.05, 0.1) is 25.6 Å². The zero-order valence-corrected chi connectivity index (χ0v) is 12.0. The molecular formula is C12H17ClN4O2. The third kappa shape index (κ3) is 2.50. The number of alkyl halides is 1. The van der Waals surface area contributed by atoms with Gasteiger partial charge in [-0.05, 0) is 6.42 Å². The number of fused-ring (bicyclic) bond motifs is 1. The van der Waals surface area contributed by atoms with Crippen molar-refractivity contribution in [1.82, 2.24) is 19.5 Å². The average molecular weight is 285 g/mol. The number of ether oxygens (including phenoxy) is 2. The smallest absolute Gasteiger partial charge is 0.245 e. The Balaban J connectivity index is 2.63. The normalized spacial score (nSPS) is 12.8. The number of halogens is 1. The van der Waals surface area contributed by atoms with Crippen molar-refractivity contribution in [2.24, 2.45) is 0 Å². The lowest BCUT2D eigenvalue weighted by molar-refractivity contribution is 0.153. The number of hydrogen-bond donors (Lipinski definition) is 0. The summed E-state index contributed by atoms with van der Waals surface area (Å²) in [6.45, 7) is 2.67. The van der Waals surface area contributed by atoms with Crippen molar-refractivity contribution in [3.8, 4) is 5.88 Å². The molecule has 0 N–H and O–H groups in total. The average Bonchev–Trinajstić information content (AvgIpc) is 2.83. The van der Waals surface area contributed by atoms with Gasteiger partial charge in [0.25, 0.3) is 0 Å². The molecule has 19 heavy (non-hydrogen) atoms. The van der Waals surface area contributed by atoms with Crippen LogP contribution in [-0.2, 0) is 10.6 Å². The van der Waals surface area contributed by atoms with Crippen LogP contribution in [-0.4, -0.2) is 40.3 Å². The molecular weight excluding hydrogens is 268 g/mol. The molecule has 0 fully saturated rings. The lowest BCUT2D eigenvalue weighted by atomic mass is 10.2. The van der Waals surface area contributed by atoms with Crippen LogP contribution in [0.25, 0.3) is 11.2 Å². The zero-order chi connectivity index (χ0) is 13.8. The first-order valence-corrected chi connectivity index (χ1v) is 6.60. The highest BCUT2D eigenvalue weighted by Gasteiger charge is 2.21. The van der Waals surface area contributed by atoms with Crippen molar-refractivity contribution < 1.29 is 9.47 Å². The van der Waals surface area contributed by atoms with Crippen LogP contribution < -0.4 is 4.74 Å². The van der Waals surface area contributed by atoms with Crippen molar-refractivity contribution in [2.45, 2.75) is 25.3 Å². The standard InChI is InChI=1S/C12H17ClN4O2/c1-4-8(6-18-2)17-9(5-13)16-10-11(17)14-7-15-12(10)19-3/h7-8H,4-6H2,1-3H3. The molecule has 2 rings (SSSR count). The predicted molar refractivity (Wildman–Crippen MR) is 72.6 cm³/mol. The van der Waals surface area contributed by atoms with Crippen molar-refractivity contribution in [1.29, 1.82) is 0 Å². The lowest BCUT2D eigenvalue weighted by Gasteiger charge is -2.18. The Kier molecular flexibility index (Phi) is 4.55. The predicted octanol–water partition coefficient (Wildman–Crippen LogP) is 2.17. The Morgan fingerprint density at radius 3 is 2.74 bits per heavy atom. The molecule has 0 aliphatic carbocycles. The number of imidazole rings is 1. The monoisotopic (exact) mass is 284 g/mol. The fraction of sp³-hybridized carbons (Fsp3) is 0.583. The molecule has 0 saturated carbocycles. The van der Waals surface area contributed by atoms with Gasteiger partial charge >= 0.3 is 0 Å². The summed E-state index contributed by atoms with van der Waals surface area (Å²) < 4.78 is 12.5. The second-order valence-electron chi connectivity index (χ2n) is 4.10. The van der Waals surface area contributed by atoms with E-state index in [1.165, 1.54) is 6.33 Å². The first-order chi connectivity index (χ1) is 9.26. The maximum absolute atomic E-state index is 5.99. The largest absolute Gasteiger partial charge is 0.479 e. The highest BCUT2D eigenvalue weighted by Crippen LogP contribution is 2.27. The summed E-state index contributed by atoms with van der Waals surface area (Å²) in [6, 6.07) is 0.142. The van der Waals surface area contributed by atoms with Crippen LogP contribution in [0.2, 0.25) is 0 Å². The number of hydrogen-bond acceptors (Lipinski definition) is 5. The molecule has 0 radical (unpaired) electrons. The third-order valence-corrected chi connectivity index (χ3v) is 3.26. The highest BCUT2D eigenvalue weighted by molar-refractivity contribution is 6.16. The van der Waals surface area contributed by atoms with E-state index in [1.54, 1.807) is 14.2 Å². The summed E-state index contributed by atoms with van der Waals surface area (Å²) in [5.41, 5.74) is 1.36. The van der Waals surface area contributed by atoms with Crippen LogP contribution in [0, 0.1) is 0 Å². The van der Waals surface area contributed by atoms with Crippen molar-refractivity contribution in [3.05, 3.63) is 12.2 Å². The van der Waals surface area contributed by atoms with Gasteiger partial charge in [0, 0.05) is 7.11 Å². The van der Waals surface area contributed by atoms with Gasteiger partial charge in [0.1, 0.15) is 12.2 Å². The van der Waals surface area contributed by atoms with Crippen molar-refractivity contribution in [3.63, 3.8) is 0 Å². The highest BCUT2D eigenvalue weighted by atomic mass is 35.5. The Bertz CT molecular complexity index is 558. The van der Waals surface area contributed by atoms with E-state index in [1.807, 2.05) is 4.57 Å². The molecule has 0 aromatic carbocycles. The topological polar surface area (TPSA) is 62.1 Å². The maximum atomic E-state index is 5.99. The molecule has 2 aromatic heterocycles. The Hall–Kier alpha value is -1.40. The van der Waals surface area contributed by atoms with E-state index in [-0.39, 0.29) is 6.04 Å². The molecule has 0 saturated heterocycles. The van der Waals surface area contributed by atoms with Gasteiger partial charge in [0.2, 0.25) is 5.88 Å². The van der Waals surface area contributed by atoms with Gasteiger partial charge in [-0.15, -0.1) is 11.6 Å². The summed E-state index contributed by atoms with van der Waals surface area (Å²) in [7, 11) is 3.24. The van der Waals surface area contributed by atoms with Crippen molar-refractivity contribution in [2.75, 3.05) is 20.8 Å². The first kappa shape index (κ1) is 14.0. The second-order valence-corrected chi connectivity index (χ2v) is 4.37. The second kappa shape index (κ2) is 6.16. The molecule has 0 spiro atoms. The summed E-state index contributed by atoms with van der Waals surface area (Å²) in [4.78, 5) is 12.8. The molecule has 2 aromatic rings. The lowest BCUT2D eigenvalue weighted by Crippen LogP contribution is -2.16. The van der Waals surface area contributed by atoms with E-state index in [4.69, 9.17) is 21.1 Å². The quantitative estimate of drug-likeness (QED) is 0.761.